The Morgan fingerprint density at radius 1 is 1.11 bits per heavy atom. The van der Waals surface area contributed by atoms with Crippen LogP contribution < -0.4 is 5.32 Å². The molecule has 2 atom stereocenters. The molecule has 0 saturated carbocycles. The maximum absolute atomic E-state index is 12.7. The molecule has 18 heavy (non-hydrogen) atoms. The standard InChI is InChI=1S/C10H16F5NO2/c1-5(2)7(18-4)6(3)16-8(17)9(11,12)10(13,14)15/h5-7H,1-4H3,(H,16,17). The summed E-state index contributed by atoms with van der Waals surface area (Å²) >= 11 is 0. The van der Waals surface area contributed by atoms with Gasteiger partial charge in [-0.15, -0.1) is 0 Å². The molecule has 0 aliphatic carbocycles. The Hall–Kier alpha value is -0.920. The minimum atomic E-state index is -5.91. The number of carbonyl (C=O) groups excluding carboxylic acids is 1. The summed E-state index contributed by atoms with van der Waals surface area (Å²) in [6, 6.07) is -0.962. The maximum atomic E-state index is 12.7. The van der Waals surface area contributed by atoms with Gasteiger partial charge in [-0.3, -0.25) is 4.79 Å². The molecule has 0 saturated heterocycles. The molecule has 1 N–H and O–H groups in total. The molecule has 2 unspecified atom stereocenters. The average Bonchev–Trinajstić information content (AvgIpc) is 2.15. The van der Waals surface area contributed by atoms with E-state index >= 15 is 0 Å². The summed E-state index contributed by atoms with van der Waals surface area (Å²) in [5.41, 5.74) is 0. The molecule has 0 aromatic rings. The van der Waals surface area contributed by atoms with Crippen LogP contribution >= 0.6 is 0 Å². The molecule has 3 nitrogen and oxygen atoms in total. The second-order valence-electron chi connectivity index (χ2n) is 4.28. The quantitative estimate of drug-likeness (QED) is 0.783. The van der Waals surface area contributed by atoms with Crippen LogP contribution in [0.5, 0.6) is 0 Å². The minimum Gasteiger partial charge on any atom is -0.379 e. The number of amides is 1. The summed E-state index contributed by atoms with van der Waals surface area (Å²) in [5, 5.41) is 1.63. The second kappa shape index (κ2) is 5.81. The molecule has 0 aliphatic heterocycles. The Kier molecular flexibility index (Phi) is 5.52. The molecule has 0 aromatic carbocycles. The van der Waals surface area contributed by atoms with E-state index in [1.807, 2.05) is 0 Å². The Bertz CT molecular complexity index is 290. The second-order valence-corrected chi connectivity index (χ2v) is 4.28. The van der Waals surface area contributed by atoms with Crippen molar-refractivity contribution in [3.05, 3.63) is 0 Å². The van der Waals surface area contributed by atoms with Crippen LogP contribution in [-0.2, 0) is 9.53 Å². The first kappa shape index (κ1) is 17.1. The first-order chi connectivity index (χ1) is 7.95. The van der Waals surface area contributed by atoms with E-state index in [0.29, 0.717) is 0 Å². The summed E-state index contributed by atoms with van der Waals surface area (Å²) in [5.74, 6) is -7.92. The van der Waals surface area contributed by atoms with Gasteiger partial charge >= 0.3 is 18.0 Å². The number of halogens is 5. The molecule has 108 valence electrons. The lowest BCUT2D eigenvalue weighted by atomic mass is 10.0. The van der Waals surface area contributed by atoms with E-state index in [0.717, 1.165) is 0 Å². The fourth-order valence-electron chi connectivity index (χ4n) is 1.56. The third-order valence-electron chi connectivity index (χ3n) is 2.42. The molecule has 1 amide bonds. The van der Waals surface area contributed by atoms with Gasteiger partial charge in [-0.1, -0.05) is 13.8 Å². The summed E-state index contributed by atoms with van der Waals surface area (Å²) in [6.07, 6.45) is -6.56. The maximum Gasteiger partial charge on any atom is 0.463 e. The van der Waals surface area contributed by atoms with Gasteiger partial charge in [0.2, 0.25) is 0 Å². The molecule has 0 heterocycles. The summed E-state index contributed by atoms with van der Waals surface area (Å²) < 4.78 is 66.1. The van der Waals surface area contributed by atoms with Gasteiger partial charge in [0.1, 0.15) is 0 Å². The Morgan fingerprint density at radius 3 is 1.83 bits per heavy atom. The topological polar surface area (TPSA) is 38.3 Å². The van der Waals surface area contributed by atoms with Gasteiger partial charge in [-0.05, 0) is 12.8 Å². The largest absolute Gasteiger partial charge is 0.463 e. The van der Waals surface area contributed by atoms with E-state index in [1.165, 1.54) is 14.0 Å². The lowest BCUT2D eigenvalue weighted by Crippen LogP contribution is -2.55. The van der Waals surface area contributed by atoms with Crippen LogP contribution in [0.3, 0.4) is 0 Å². The molecule has 0 bridgehead atoms. The van der Waals surface area contributed by atoms with Crippen molar-refractivity contribution in [1.82, 2.24) is 5.32 Å². The molecule has 0 radical (unpaired) electrons. The molecule has 0 spiro atoms. The van der Waals surface area contributed by atoms with E-state index in [2.05, 4.69) is 0 Å². The highest BCUT2D eigenvalue weighted by Crippen LogP contribution is 2.35. The van der Waals surface area contributed by atoms with Gasteiger partial charge in [0, 0.05) is 7.11 Å². The van der Waals surface area contributed by atoms with E-state index in [9.17, 15) is 26.7 Å². The van der Waals surface area contributed by atoms with Gasteiger partial charge in [0.15, 0.2) is 0 Å². The number of hydrogen-bond donors (Lipinski definition) is 1. The van der Waals surface area contributed by atoms with Crippen LogP contribution in [0.2, 0.25) is 0 Å². The fourth-order valence-corrected chi connectivity index (χ4v) is 1.56. The molecule has 0 rings (SSSR count). The van der Waals surface area contributed by atoms with E-state index in [1.54, 1.807) is 19.2 Å². The Morgan fingerprint density at radius 2 is 1.56 bits per heavy atom. The number of ether oxygens (including phenoxy) is 1. The Labute approximate surface area is 102 Å². The van der Waals surface area contributed by atoms with Crippen molar-refractivity contribution in [1.29, 1.82) is 0 Å². The SMILES string of the molecule is COC(C(C)C)C(C)NC(=O)C(F)(F)C(F)(F)F. The number of hydrogen-bond acceptors (Lipinski definition) is 2. The van der Waals surface area contributed by atoms with Gasteiger partial charge in [-0.25, -0.2) is 0 Å². The zero-order valence-corrected chi connectivity index (χ0v) is 10.4. The zero-order chi connectivity index (χ0) is 14.7. The van der Waals surface area contributed by atoms with Crippen LogP contribution in [0.25, 0.3) is 0 Å². The average molecular weight is 277 g/mol. The van der Waals surface area contributed by atoms with Gasteiger partial charge < -0.3 is 10.1 Å². The predicted octanol–water partition coefficient (Wildman–Crippen LogP) is 2.36. The smallest absolute Gasteiger partial charge is 0.379 e. The first-order valence-electron chi connectivity index (χ1n) is 5.23. The van der Waals surface area contributed by atoms with Crippen LogP contribution in [0.15, 0.2) is 0 Å². The minimum absolute atomic E-state index is 0.148. The predicted molar refractivity (Wildman–Crippen MR) is 54.2 cm³/mol. The van der Waals surface area contributed by atoms with E-state index in [-0.39, 0.29) is 5.92 Å². The summed E-state index contributed by atoms with van der Waals surface area (Å²) in [7, 11) is 1.29. The van der Waals surface area contributed by atoms with Crippen LogP contribution in [-0.4, -0.2) is 37.3 Å². The lowest BCUT2D eigenvalue weighted by molar-refractivity contribution is -0.270. The van der Waals surface area contributed by atoms with Crippen molar-refractivity contribution in [2.24, 2.45) is 5.92 Å². The summed E-state index contributed by atoms with van der Waals surface area (Å²) in [6.45, 7) is 4.69. The number of methoxy groups -OCH3 is 1. The van der Waals surface area contributed by atoms with Crippen LogP contribution in [0, 0.1) is 5.92 Å². The summed E-state index contributed by atoms with van der Waals surface area (Å²) in [4.78, 5) is 10.9. The van der Waals surface area contributed by atoms with Crippen LogP contribution in [0.1, 0.15) is 20.8 Å². The van der Waals surface area contributed by atoms with Gasteiger partial charge in [-0.2, -0.15) is 22.0 Å². The highest BCUT2D eigenvalue weighted by Gasteiger charge is 2.63. The van der Waals surface area contributed by atoms with Crippen molar-refractivity contribution < 1.29 is 31.5 Å². The molecule has 0 aromatic heterocycles. The Balaban J connectivity index is 4.77. The van der Waals surface area contributed by atoms with E-state index in [4.69, 9.17) is 4.74 Å². The monoisotopic (exact) mass is 277 g/mol. The highest BCUT2D eigenvalue weighted by atomic mass is 19.4. The van der Waals surface area contributed by atoms with Gasteiger partial charge in [0.05, 0.1) is 12.1 Å². The third-order valence-corrected chi connectivity index (χ3v) is 2.42. The molecular weight excluding hydrogens is 261 g/mol. The van der Waals surface area contributed by atoms with Crippen molar-refractivity contribution in [3.8, 4) is 0 Å². The molecule has 0 aliphatic rings. The van der Waals surface area contributed by atoms with Crippen molar-refractivity contribution >= 4 is 5.91 Å². The molecule has 0 fully saturated rings. The highest BCUT2D eigenvalue weighted by molar-refractivity contribution is 5.84. The van der Waals surface area contributed by atoms with Crippen LogP contribution in [0.4, 0.5) is 22.0 Å². The first-order valence-corrected chi connectivity index (χ1v) is 5.23. The van der Waals surface area contributed by atoms with E-state index < -0.39 is 30.2 Å². The zero-order valence-electron chi connectivity index (χ0n) is 10.4. The number of rotatable bonds is 5. The number of alkyl halides is 5. The lowest BCUT2D eigenvalue weighted by Gasteiger charge is -2.28. The van der Waals surface area contributed by atoms with Crippen molar-refractivity contribution in [2.75, 3.05) is 7.11 Å². The third kappa shape index (κ3) is 3.79. The van der Waals surface area contributed by atoms with Gasteiger partial charge in [0.25, 0.3) is 0 Å². The molecule has 8 heteroatoms. The molecular formula is C10H16F5NO2. The van der Waals surface area contributed by atoms with Crippen molar-refractivity contribution in [3.63, 3.8) is 0 Å². The normalized spacial score (nSPS) is 16.6. The van der Waals surface area contributed by atoms with Crippen molar-refractivity contribution in [2.45, 2.75) is 45.0 Å². The fraction of sp³-hybridized carbons (Fsp3) is 0.900. The number of nitrogens with one attached hydrogen (secondary N) is 1. The number of carbonyl (C=O) groups is 1.